The van der Waals surface area contributed by atoms with Gasteiger partial charge in [0.2, 0.25) is 5.91 Å². The van der Waals surface area contributed by atoms with Crippen LogP contribution in [0.2, 0.25) is 0 Å². The molecule has 36 heavy (non-hydrogen) atoms. The molecule has 1 saturated carbocycles. The summed E-state index contributed by atoms with van der Waals surface area (Å²) in [5.41, 5.74) is 7.16. The molecule has 1 aromatic carbocycles. The Hall–Kier alpha value is -3.63. The molecule has 2 atom stereocenters. The van der Waals surface area contributed by atoms with E-state index in [2.05, 4.69) is 15.7 Å². The highest BCUT2D eigenvalue weighted by atomic mass is 16.6. The lowest BCUT2D eigenvalue weighted by Crippen LogP contribution is -2.51. The number of primary amides is 1. The number of carbonyl (C=O) groups is 4. The summed E-state index contributed by atoms with van der Waals surface area (Å²) in [6.07, 6.45) is 4.75. The molecule has 11 heteroatoms. The van der Waals surface area contributed by atoms with Crippen molar-refractivity contribution in [2.75, 3.05) is 0 Å². The number of hydrazone groups is 1. The molecule has 0 bridgehead atoms. The Morgan fingerprint density at radius 1 is 1.11 bits per heavy atom. The number of nitrogens with zero attached hydrogens (tertiary/aromatic N) is 1. The average molecular weight is 504 g/mol. The van der Waals surface area contributed by atoms with Crippen LogP contribution in [0.15, 0.2) is 35.4 Å². The Kier molecular flexibility index (Phi) is 11.2. The van der Waals surface area contributed by atoms with Crippen molar-refractivity contribution < 1.29 is 28.7 Å². The fraction of sp³-hybridized carbons (Fsp3) is 0.560. The minimum Gasteiger partial charge on any atom is -0.460 e. The molecule has 0 spiro atoms. The van der Waals surface area contributed by atoms with Crippen LogP contribution in [0, 0.1) is 5.92 Å². The van der Waals surface area contributed by atoms with Crippen molar-refractivity contribution in [1.82, 2.24) is 16.1 Å². The number of nitrogens with one attached hydrogen (secondary N) is 3. The predicted molar refractivity (Wildman–Crippen MR) is 134 cm³/mol. The minimum absolute atomic E-state index is 0.0666. The zero-order chi connectivity index (χ0) is 26.6. The van der Waals surface area contributed by atoms with Crippen molar-refractivity contribution >= 4 is 30.2 Å². The zero-order valence-electron chi connectivity index (χ0n) is 21.1. The van der Waals surface area contributed by atoms with E-state index in [-0.39, 0.29) is 18.9 Å². The van der Waals surface area contributed by atoms with Crippen LogP contribution in [-0.4, -0.2) is 47.9 Å². The second-order valence-electron chi connectivity index (χ2n) is 9.80. The molecular formula is C25H37N5O6. The van der Waals surface area contributed by atoms with Crippen molar-refractivity contribution in [1.29, 1.82) is 0 Å². The first-order valence-corrected chi connectivity index (χ1v) is 12.1. The third-order valence-electron chi connectivity index (χ3n) is 5.43. The first-order valence-electron chi connectivity index (χ1n) is 12.1. The quantitative estimate of drug-likeness (QED) is 0.206. The largest absolute Gasteiger partial charge is 0.460 e. The molecule has 2 rings (SSSR count). The van der Waals surface area contributed by atoms with Crippen molar-refractivity contribution in [3.8, 4) is 0 Å². The summed E-state index contributed by atoms with van der Waals surface area (Å²) >= 11 is 0. The van der Waals surface area contributed by atoms with Gasteiger partial charge in [-0.1, -0.05) is 56.0 Å². The van der Waals surface area contributed by atoms with Crippen LogP contribution in [-0.2, 0) is 25.7 Å². The van der Waals surface area contributed by atoms with Crippen LogP contribution in [0.4, 0.5) is 9.59 Å². The molecule has 1 aliphatic rings. The summed E-state index contributed by atoms with van der Waals surface area (Å²) in [5, 5.41) is 9.05. The monoisotopic (exact) mass is 503 g/mol. The summed E-state index contributed by atoms with van der Waals surface area (Å²) in [7, 11) is 0. The van der Waals surface area contributed by atoms with Crippen molar-refractivity contribution in [3.05, 3.63) is 35.9 Å². The van der Waals surface area contributed by atoms with E-state index in [1.807, 2.05) is 35.8 Å². The van der Waals surface area contributed by atoms with Gasteiger partial charge in [0.25, 0.3) is 0 Å². The molecule has 11 nitrogen and oxygen atoms in total. The number of hydrogen-bond acceptors (Lipinski definition) is 7. The number of hydrogen-bond donors (Lipinski definition) is 4. The number of ether oxygens (including phenoxy) is 2. The van der Waals surface area contributed by atoms with E-state index in [1.165, 1.54) is 6.21 Å². The van der Waals surface area contributed by atoms with E-state index in [0.29, 0.717) is 6.42 Å². The number of urea groups is 1. The summed E-state index contributed by atoms with van der Waals surface area (Å²) in [6, 6.07) is 6.52. The van der Waals surface area contributed by atoms with E-state index < -0.39 is 41.7 Å². The number of alkyl carbamates (subject to hydrolysis) is 1. The third-order valence-corrected chi connectivity index (χ3v) is 5.43. The predicted octanol–water partition coefficient (Wildman–Crippen LogP) is 2.73. The standard InChI is InChI=1S/C25H37N5O6/c1-25(2,3)36-21(31)14-19(15-27-30-23(26)33)28-22(32)20(13-17-9-7-8-10-17)29-24(34)35-16-18-11-5-4-6-12-18/h4-6,11-12,15,17,19-20H,7-10,13-14,16H2,1-3H3,(H,28,32)(H,29,34)(H3,26,30,33)/t19-,20-/m0/s1. The smallest absolute Gasteiger partial charge is 0.408 e. The molecule has 0 unspecified atom stereocenters. The van der Waals surface area contributed by atoms with E-state index in [1.54, 1.807) is 20.8 Å². The number of benzene rings is 1. The topological polar surface area (TPSA) is 161 Å². The van der Waals surface area contributed by atoms with E-state index in [4.69, 9.17) is 15.2 Å². The molecular weight excluding hydrogens is 466 g/mol. The minimum atomic E-state index is -0.910. The van der Waals surface area contributed by atoms with E-state index in [0.717, 1.165) is 31.2 Å². The maximum absolute atomic E-state index is 13.2. The van der Waals surface area contributed by atoms with Gasteiger partial charge in [-0.05, 0) is 38.7 Å². The molecule has 1 aliphatic carbocycles. The Morgan fingerprint density at radius 2 is 1.78 bits per heavy atom. The lowest BCUT2D eigenvalue weighted by molar-refractivity contribution is -0.155. The normalized spacial score (nSPS) is 15.6. The number of nitrogens with two attached hydrogens (primary N) is 1. The van der Waals surface area contributed by atoms with Gasteiger partial charge in [-0.25, -0.2) is 15.0 Å². The van der Waals surface area contributed by atoms with Crippen LogP contribution in [0.3, 0.4) is 0 Å². The second kappa shape index (κ2) is 14.1. The van der Waals surface area contributed by atoms with Gasteiger partial charge in [0.1, 0.15) is 18.2 Å². The van der Waals surface area contributed by atoms with E-state index in [9.17, 15) is 19.2 Å². The van der Waals surface area contributed by atoms with Crippen LogP contribution < -0.4 is 21.8 Å². The Balaban J connectivity index is 2.07. The van der Waals surface area contributed by atoms with Gasteiger partial charge in [0.05, 0.1) is 12.5 Å². The highest BCUT2D eigenvalue weighted by molar-refractivity contribution is 5.89. The molecule has 0 radical (unpaired) electrons. The SMILES string of the molecule is CC(C)(C)OC(=O)C[C@@H](C=NNC(N)=O)NC(=O)[C@H](CC1CCCC1)NC(=O)OCc1ccccc1. The molecule has 198 valence electrons. The Labute approximate surface area is 211 Å². The molecule has 1 aromatic rings. The van der Waals surface area contributed by atoms with Gasteiger partial charge in [-0.3, -0.25) is 9.59 Å². The van der Waals surface area contributed by atoms with Gasteiger partial charge in [-0.15, -0.1) is 0 Å². The van der Waals surface area contributed by atoms with Gasteiger partial charge in [0.15, 0.2) is 0 Å². The highest BCUT2D eigenvalue weighted by Gasteiger charge is 2.29. The fourth-order valence-electron chi connectivity index (χ4n) is 3.90. The second-order valence-corrected chi connectivity index (χ2v) is 9.80. The Bertz CT molecular complexity index is 909. The number of carbonyl (C=O) groups excluding carboxylic acids is 4. The van der Waals surface area contributed by atoms with Gasteiger partial charge < -0.3 is 25.8 Å². The van der Waals surface area contributed by atoms with Crippen molar-refractivity contribution in [2.45, 2.75) is 83.6 Å². The Morgan fingerprint density at radius 3 is 2.39 bits per heavy atom. The molecule has 0 aliphatic heterocycles. The van der Waals surface area contributed by atoms with E-state index >= 15 is 0 Å². The summed E-state index contributed by atoms with van der Waals surface area (Å²) in [5.74, 6) is -0.789. The lowest BCUT2D eigenvalue weighted by atomic mass is 9.97. The van der Waals surface area contributed by atoms with Crippen LogP contribution in [0.1, 0.15) is 64.9 Å². The lowest BCUT2D eigenvalue weighted by Gasteiger charge is -2.24. The van der Waals surface area contributed by atoms with Crippen LogP contribution in [0.5, 0.6) is 0 Å². The summed E-state index contributed by atoms with van der Waals surface area (Å²) < 4.78 is 10.6. The van der Waals surface area contributed by atoms with Crippen LogP contribution in [0.25, 0.3) is 0 Å². The maximum atomic E-state index is 13.2. The van der Waals surface area contributed by atoms with Gasteiger partial charge >= 0.3 is 18.1 Å². The first kappa shape index (κ1) is 28.6. The van der Waals surface area contributed by atoms with Gasteiger partial charge in [-0.2, -0.15) is 5.10 Å². The highest BCUT2D eigenvalue weighted by Crippen LogP contribution is 2.28. The summed E-state index contributed by atoms with van der Waals surface area (Å²) in [6.45, 7) is 5.24. The number of esters is 1. The van der Waals surface area contributed by atoms with Crippen LogP contribution >= 0.6 is 0 Å². The van der Waals surface area contributed by atoms with Crippen molar-refractivity contribution in [2.24, 2.45) is 16.8 Å². The number of amides is 4. The summed E-state index contributed by atoms with van der Waals surface area (Å²) in [4.78, 5) is 49.0. The van der Waals surface area contributed by atoms with Crippen molar-refractivity contribution in [3.63, 3.8) is 0 Å². The molecule has 0 saturated heterocycles. The molecule has 1 fully saturated rings. The average Bonchev–Trinajstić information content (AvgIpc) is 3.29. The molecule has 5 N–H and O–H groups in total. The van der Waals surface area contributed by atoms with Gasteiger partial charge in [0, 0.05) is 6.21 Å². The number of rotatable bonds is 11. The first-order chi connectivity index (χ1) is 17.0. The molecule has 0 aromatic heterocycles. The fourth-order valence-corrected chi connectivity index (χ4v) is 3.90. The molecule has 0 heterocycles. The molecule has 4 amide bonds. The zero-order valence-corrected chi connectivity index (χ0v) is 21.1. The third kappa shape index (κ3) is 11.7. The maximum Gasteiger partial charge on any atom is 0.408 e.